The monoisotopic (exact) mass is 294 g/mol. The Morgan fingerprint density at radius 1 is 1.40 bits per heavy atom. The van der Waals surface area contributed by atoms with Crippen LogP contribution in [-0.4, -0.2) is 36.5 Å². The molecule has 0 fully saturated rings. The van der Waals surface area contributed by atoms with Crippen LogP contribution in [0.2, 0.25) is 0 Å². The van der Waals surface area contributed by atoms with Crippen LogP contribution in [0.3, 0.4) is 0 Å². The molecule has 0 saturated heterocycles. The van der Waals surface area contributed by atoms with Gasteiger partial charge in [0.1, 0.15) is 0 Å². The van der Waals surface area contributed by atoms with E-state index in [0.717, 1.165) is 38.0 Å². The van der Waals surface area contributed by atoms with Gasteiger partial charge in [-0.05, 0) is 51.6 Å². The van der Waals surface area contributed by atoms with Crippen molar-refractivity contribution in [3.63, 3.8) is 0 Å². The standard InChI is InChI=1S/C16H26N2OS/c1-4-18(12(2)3)10-9-17-16(19)14-11-20-15-8-6-5-7-13(14)15/h11-12H,4-10H2,1-3H3,(H,17,19). The second-order valence-electron chi connectivity index (χ2n) is 5.74. The number of carbonyl (C=O) groups excluding carboxylic acids is 1. The summed E-state index contributed by atoms with van der Waals surface area (Å²) in [6, 6.07) is 0.533. The number of thiophene rings is 1. The summed E-state index contributed by atoms with van der Waals surface area (Å²) in [6.07, 6.45) is 4.73. The van der Waals surface area contributed by atoms with Crippen molar-refractivity contribution < 1.29 is 4.79 Å². The van der Waals surface area contributed by atoms with Gasteiger partial charge in [0.25, 0.3) is 5.91 Å². The Morgan fingerprint density at radius 3 is 2.85 bits per heavy atom. The van der Waals surface area contributed by atoms with Gasteiger partial charge in [-0.3, -0.25) is 9.69 Å². The number of nitrogens with one attached hydrogen (secondary N) is 1. The van der Waals surface area contributed by atoms with Crippen molar-refractivity contribution in [3.8, 4) is 0 Å². The van der Waals surface area contributed by atoms with Crippen LogP contribution in [0.15, 0.2) is 5.38 Å². The number of carbonyl (C=O) groups is 1. The van der Waals surface area contributed by atoms with Crippen molar-refractivity contribution in [1.82, 2.24) is 10.2 Å². The second kappa shape index (κ2) is 7.23. The molecule has 1 aromatic heterocycles. The summed E-state index contributed by atoms with van der Waals surface area (Å²) in [5.41, 5.74) is 2.24. The average molecular weight is 294 g/mol. The van der Waals surface area contributed by atoms with Crippen LogP contribution in [-0.2, 0) is 12.8 Å². The highest BCUT2D eigenvalue weighted by Gasteiger charge is 2.19. The number of rotatable bonds is 6. The van der Waals surface area contributed by atoms with Crippen molar-refractivity contribution in [2.45, 2.75) is 52.5 Å². The maximum atomic E-state index is 12.3. The molecule has 0 aromatic carbocycles. The van der Waals surface area contributed by atoms with Crippen molar-refractivity contribution >= 4 is 17.2 Å². The van der Waals surface area contributed by atoms with Crippen LogP contribution < -0.4 is 5.32 Å². The molecule has 1 N–H and O–H groups in total. The van der Waals surface area contributed by atoms with E-state index in [1.807, 2.05) is 5.38 Å². The van der Waals surface area contributed by atoms with Gasteiger partial charge in [-0.15, -0.1) is 11.3 Å². The first-order valence-electron chi connectivity index (χ1n) is 7.75. The number of nitrogens with zero attached hydrogens (tertiary/aromatic N) is 1. The quantitative estimate of drug-likeness (QED) is 0.874. The van der Waals surface area contributed by atoms with E-state index in [1.165, 1.54) is 23.3 Å². The Bertz CT molecular complexity index is 453. The molecule has 1 amide bonds. The molecule has 4 heteroatoms. The lowest BCUT2D eigenvalue weighted by molar-refractivity contribution is 0.0945. The molecule has 1 heterocycles. The van der Waals surface area contributed by atoms with E-state index in [1.54, 1.807) is 11.3 Å². The van der Waals surface area contributed by atoms with E-state index < -0.39 is 0 Å². The zero-order valence-electron chi connectivity index (χ0n) is 12.9. The number of hydrogen-bond acceptors (Lipinski definition) is 3. The van der Waals surface area contributed by atoms with Gasteiger partial charge >= 0.3 is 0 Å². The maximum absolute atomic E-state index is 12.3. The third-order valence-electron chi connectivity index (χ3n) is 4.13. The molecule has 3 nitrogen and oxygen atoms in total. The zero-order chi connectivity index (χ0) is 14.5. The highest BCUT2D eigenvalue weighted by Crippen LogP contribution is 2.30. The van der Waals surface area contributed by atoms with Gasteiger partial charge in [0, 0.05) is 29.4 Å². The van der Waals surface area contributed by atoms with Crippen molar-refractivity contribution in [1.29, 1.82) is 0 Å². The second-order valence-corrected chi connectivity index (χ2v) is 6.70. The molecule has 0 atom stereocenters. The predicted octanol–water partition coefficient (Wildman–Crippen LogP) is 3.09. The minimum Gasteiger partial charge on any atom is -0.351 e. The normalized spacial score (nSPS) is 14.7. The zero-order valence-corrected chi connectivity index (χ0v) is 13.7. The molecular weight excluding hydrogens is 268 g/mol. The molecule has 1 aliphatic carbocycles. The summed E-state index contributed by atoms with van der Waals surface area (Å²) in [7, 11) is 0. The Hall–Kier alpha value is -0.870. The van der Waals surface area contributed by atoms with E-state index in [9.17, 15) is 4.79 Å². The van der Waals surface area contributed by atoms with Crippen LogP contribution in [0.1, 0.15) is 54.4 Å². The molecule has 0 radical (unpaired) electrons. The minimum atomic E-state index is 0.115. The maximum Gasteiger partial charge on any atom is 0.252 e. The lowest BCUT2D eigenvalue weighted by Crippen LogP contribution is -2.38. The first-order valence-corrected chi connectivity index (χ1v) is 8.63. The van der Waals surface area contributed by atoms with Crippen LogP contribution in [0.4, 0.5) is 0 Å². The predicted molar refractivity (Wildman–Crippen MR) is 85.7 cm³/mol. The molecule has 0 aliphatic heterocycles. The molecule has 0 spiro atoms. The lowest BCUT2D eigenvalue weighted by Gasteiger charge is -2.24. The fourth-order valence-corrected chi connectivity index (χ4v) is 4.00. The number of fused-ring (bicyclic) bond motifs is 1. The lowest BCUT2D eigenvalue weighted by atomic mass is 9.96. The molecular formula is C16H26N2OS. The van der Waals surface area contributed by atoms with Gasteiger partial charge in [-0.25, -0.2) is 0 Å². The summed E-state index contributed by atoms with van der Waals surface area (Å²) in [6.45, 7) is 9.24. The number of amides is 1. The molecule has 0 bridgehead atoms. The molecule has 20 heavy (non-hydrogen) atoms. The van der Waals surface area contributed by atoms with Crippen LogP contribution in [0, 0.1) is 0 Å². The van der Waals surface area contributed by atoms with Crippen molar-refractivity contribution in [2.24, 2.45) is 0 Å². The van der Waals surface area contributed by atoms with Gasteiger partial charge in [0.15, 0.2) is 0 Å². The van der Waals surface area contributed by atoms with Gasteiger partial charge in [-0.2, -0.15) is 0 Å². The minimum absolute atomic E-state index is 0.115. The summed E-state index contributed by atoms with van der Waals surface area (Å²) >= 11 is 1.76. The van der Waals surface area contributed by atoms with Crippen molar-refractivity contribution in [3.05, 3.63) is 21.4 Å². The molecule has 1 aliphatic rings. The molecule has 112 valence electrons. The number of hydrogen-bond donors (Lipinski definition) is 1. The van der Waals surface area contributed by atoms with Gasteiger partial charge in [0.2, 0.25) is 0 Å². The topological polar surface area (TPSA) is 32.3 Å². The van der Waals surface area contributed by atoms with Gasteiger partial charge in [-0.1, -0.05) is 6.92 Å². The molecule has 1 aromatic rings. The molecule has 2 rings (SSSR count). The summed E-state index contributed by atoms with van der Waals surface area (Å²) in [5, 5.41) is 5.13. The average Bonchev–Trinajstić information content (AvgIpc) is 2.87. The Kier molecular flexibility index (Phi) is 5.61. The molecule has 0 unspecified atom stereocenters. The summed E-state index contributed by atoms with van der Waals surface area (Å²) in [4.78, 5) is 16.1. The van der Waals surface area contributed by atoms with E-state index >= 15 is 0 Å². The van der Waals surface area contributed by atoms with Crippen LogP contribution in [0.5, 0.6) is 0 Å². The third-order valence-corrected chi connectivity index (χ3v) is 5.22. The van der Waals surface area contributed by atoms with Gasteiger partial charge < -0.3 is 5.32 Å². The van der Waals surface area contributed by atoms with E-state index in [2.05, 4.69) is 31.0 Å². The largest absolute Gasteiger partial charge is 0.351 e. The van der Waals surface area contributed by atoms with E-state index in [4.69, 9.17) is 0 Å². The van der Waals surface area contributed by atoms with E-state index in [-0.39, 0.29) is 5.91 Å². The van der Waals surface area contributed by atoms with Crippen LogP contribution >= 0.6 is 11.3 Å². The fraction of sp³-hybridized carbons (Fsp3) is 0.688. The number of likely N-dealkylation sites (N-methyl/N-ethyl adjacent to an activating group) is 1. The Morgan fingerprint density at radius 2 is 2.15 bits per heavy atom. The summed E-state index contributed by atoms with van der Waals surface area (Å²) < 4.78 is 0. The smallest absolute Gasteiger partial charge is 0.252 e. The first kappa shape index (κ1) is 15.5. The van der Waals surface area contributed by atoms with Crippen LogP contribution in [0.25, 0.3) is 0 Å². The van der Waals surface area contributed by atoms with Gasteiger partial charge in [0.05, 0.1) is 5.56 Å². The highest BCUT2D eigenvalue weighted by molar-refractivity contribution is 7.10. The SMILES string of the molecule is CCN(CCNC(=O)c1csc2c1CCCC2)C(C)C. The third kappa shape index (κ3) is 3.61. The highest BCUT2D eigenvalue weighted by atomic mass is 32.1. The van der Waals surface area contributed by atoms with Crippen molar-refractivity contribution in [2.75, 3.05) is 19.6 Å². The van der Waals surface area contributed by atoms with E-state index in [0.29, 0.717) is 6.04 Å². The Balaban J connectivity index is 1.88. The molecule has 0 saturated carbocycles. The number of aryl methyl sites for hydroxylation is 1. The first-order chi connectivity index (χ1) is 9.63. The Labute approximate surface area is 126 Å². The summed E-state index contributed by atoms with van der Waals surface area (Å²) in [5.74, 6) is 0.115. The fourth-order valence-electron chi connectivity index (χ4n) is 2.87.